The number of benzene rings is 2. The fourth-order valence-corrected chi connectivity index (χ4v) is 6.11. The third-order valence-electron chi connectivity index (χ3n) is 8.92. The Morgan fingerprint density at radius 1 is 0.729 bits per heavy atom. The minimum Gasteiger partial charge on any atom is -0.417 e. The molecule has 5 rings (SSSR count). The summed E-state index contributed by atoms with van der Waals surface area (Å²) in [6.45, 7) is 15.1. The minimum atomic E-state index is -1.79. The van der Waals surface area contributed by atoms with Gasteiger partial charge in [-0.1, -0.05) is 57.2 Å². The Kier molecular flexibility index (Phi) is 15.2. The lowest BCUT2D eigenvalue weighted by atomic mass is 10.2. The van der Waals surface area contributed by atoms with Crippen LogP contribution in [0, 0.1) is 0 Å². The van der Waals surface area contributed by atoms with Gasteiger partial charge in [-0.15, -0.1) is 0 Å². The highest BCUT2D eigenvalue weighted by atomic mass is 28.4. The van der Waals surface area contributed by atoms with Gasteiger partial charge < -0.3 is 14.3 Å². The van der Waals surface area contributed by atoms with E-state index in [0.29, 0.717) is 51.9 Å². The molecule has 264 valence electrons. The molecule has 0 unspecified atom stereocenters. The van der Waals surface area contributed by atoms with Gasteiger partial charge in [0.2, 0.25) is 11.8 Å². The van der Waals surface area contributed by atoms with Crippen molar-refractivity contribution in [2.75, 3.05) is 62.4 Å². The molecule has 11 nitrogen and oxygen atoms in total. The molecule has 0 aromatic heterocycles. The first-order chi connectivity index (χ1) is 22.9. The second-order valence-corrected chi connectivity index (χ2v) is 18.3. The first kappa shape index (κ1) is 38.9. The number of ether oxygens (including phenoxy) is 1. The molecule has 0 bridgehead atoms. The molecule has 0 atom stereocenters. The molecule has 12 heteroatoms. The van der Waals surface area contributed by atoms with Crippen molar-refractivity contribution in [1.29, 1.82) is 0 Å². The molecule has 3 fully saturated rings. The summed E-state index contributed by atoms with van der Waals surface area (Å²) >= 11 is 0. The Hall–Kier alpha value is -3.58. The average Bonchev–Trinajstić information content (AvgIpc) is 3.66. The van der Waals surface area contributed by atoms with Crippen LogP contribution in [0.1, 0.15) is 59.3 Å². The van der Waals surface area contributed by atoms with E-state index in [4.69, 9.17) is 14.3 Å². The number of para-hydroxylation sites is 2. The van der Waals surface area contributed by atoms with Crippen LogP contribution in [0.5, 0.6) is 0 Å². The van der Waals surface area contributed by atoms with Gasteiger partial charge >= 0.3 is 12.1 Å². The Morgan fingerprint density at radius 3 is 1.54 bits per heavy atom. The molecule has 1 N–H and O–H groups in total. The number of aliphatic hydroxyl groups excluding tert-OH is 1. The zero-order valence-corrected chi connectivity index (χ0v) is 30.4. The van der Waals surface area contributed by atoms with Crippen molar-refractivity contribution in [3.05, 3.63) is 60.7 Å². The van der Waals surface area contributed by atoms with Crippen LogP contribution in [0.4, 0.5) is 21.0 Å². The predicted octanol–water partition coefficient (Wildman–Crippen LogP) is 6.28. The predicted molar refractivity (Wildman–Crippen MR) is 191 cm³/mol. The van der Waals surface area contributed by atoms with E-state index in [1.54, 1.807) is 9.80 Å². The summed E-state index contributed by atoms with van der Waals surface area (Å²) in [6.07, 6.45) is 4.34. The van der Waals surface area contributed by atoms with Gasteiger partial charge in [-0.2, -0.15) is 0 Å². The molecule has 3 aliphatic rings. The molecule has 0 saturated carbocycles. The molecule has 0 radical (unpaired) electrons. The highest BCUT2D eigenvalue weighted by molar-refractivity contribution is 6.74. The maximum absolute atomic E-state index is 12.7. The highest BCUT2D eigenvalue weighted by Gasteiger charge is 2.37. The molecular formula is C36H54N4O7Si. The van der Waals surface area contributed by atoms with Crippen LogP contribution in [0.25, 0.3) is 0 Å². The summed E-state index contributed by atoms with van der Waals surface area (Å²) in [4.78, 5) is 54.6. The lowest BCUT2D eigenvalue weighted by Crippen LogP contribution is -2.53. The highest BCUT2D eigenvalue weighted by Crippen LogP contribution is 2.36. The van der Waals surface area contributed by atoms with E-state index in [1.807, 2.05) is 60.7 Å². The maximum Gasteiger partial charge on any atom is 0.331 e. The van der Waals surface area contributed by atoms with Crippen LogP contribution in [0.15, 0.2) is 60.7 Å². The van der Waals surface area contributed by atoms with Gasteiger partial charge in [-0.3, -0.25) is 29.2 Å². The van der Waals surface area contributed by atoms with Crippen molar-refractivity contribution >= 4 is 43.6 Å². The van der Waals surface area contributed by atoms with Crippen LogP contribution in [-0.2, 0) is 18.8 Å². The average molecular weight is 683 g/mol. The summed E-state index contributed by atoms with van der Waals surface area (Å²) < 4.78 is 11.1. The van der Waals surface area contributed by atoms with Crippen molar-refractivity contribution in [2.45, 2.75) is 77.4 Å². The van der Waals surface area contributed by atoms with E-state index in [0.717, 1.165) is 24.6 Å². The molecule has 48 heavy (non-hydrogen) atoms. The van der Waals surface area contributed by atoms with Crippen LogP contribution >= 0.6 is 0 Å². The van der Waals surface area contributed by atoms with Gasteiger partial charge in [0.05, 0.1) is 0 Å². The Balaban J connectivity index is 0.000000235. The Labute approximate surface area is 286 Å². The fourth-order valence-electron chi connectivity index (χ4n) is 5.02. The topological polar surface area (TPSA) is 120 Å². The smallest absolute Gasteiger partial charge is 0.331 e. The van der Waals surface area contributed by atoms with Crippen LogP contribution in [0.3, 0.4) is 0 Å². The molecule has 3 heterocycles. The van der Waals surface area contributed by atoms with E-state index < -0.39 is 8.32 Å². The molecule has 2 aromatic carbocycles. The second-order valence-electron chi connectivity index (χ2n) is 13.5. The third-order valence-corrected chi connectivity index (χ3v) is 13.5. The number of imide groups is 2. The molecule has 3 saturated heterocycles. The van der Waals surface area contributed by atoms with Gasteiger partial charge in [0.25, 0.3) is 0 Å². The Bertz CT molecular complexity index is 1310. The van der Waals surface area contributed by atoms with Crippen molar-refractivity contribution < 1.29 is 33.4 Å². The van der Waals surface area contributed by atoms with Crippen molar-refractivity contribution in [2.24, 2.45) is 0 Å². The number of anilines is 2. The number of rotatable bonds is 10. The number of aliphatic hydroxyl groups is 1. The normalized spacial score (nSPS) is 17.2. The van der Waals surface area contributed by atoms with Crippen molar-refractivity contribution in [3.8, 4) is 0 Å². The van der Waals surface area contributed by atoms with Gasteiger partial charge in [0, 0.05) is 76.8 Å². The molecule has 0 aliphatic carbocycles. The summed E-state index contributed by atoms with van der Waals surface area (Å²) in [5.41, 5.74) is 1.63. The summed E-state index contributed by atoms with van der Waals surface area (Å²) in [7, 11) is -1.79. The largest absolute Gasteiger partial charge is 0.417 e. The number of amides is 6. The number of carbonyl (C=O) groups excluding carboxylic acids is 4. The number of hydrogen-bond donors (Lipinski definition) is 1. The molecule has 0 spiro atoms. The summed E-state index contributed by atoms with van der Waals surface area (Å²) in [5, 5.41) is 8.95. The van der Waals surface area contributed by atoms with E-state index in [1.165, 1.54) is 22.6 Å². The third kappa shape index (κ3) is 11.3. The molecule has 2 aromatic rings. The molecule has 6 amide bonds. The molecular weight excluding hydrogens is 629 g/mol. The van der Waals surface area contributed by atoms with Gasteiger partial charge in [0.1, 0.15) is 0 Å². The summed E-state index contributed by atoms with van der Waals surface area (Å²) in [6, 6.07) is 18.3. The van der Waals surface area contributed by atoms with E-state index in [-0.39, 0.29) is 42.1 Å². The first-order valence-electron chi connectivity index (χ1n) is 17.0. The minimum absolute atomic E-state index is 0.0254. The van der Waals surface area contributed by atoms with Gasteiger partial charge in [-0.05, 0) is 68.1 Å². The Morgan fingerprint density at radius 2 is 1.17 bits per heavy atom. The van der Waals surface area contributed by atoms with E-state index in [9.17, 15) is 19.2 Å². The van der Waals surface area contributed by atoms with Crippen LogP contribution in [-0.4, -0.2) is 99.7 Å². The maximum atomic E-state index is 12.7. The van der Waals surface area contributed by atoms with Crippen molar-refractivity contribution in [3.63, 3.8) is 0 Å². The zero-order chi connectivity index (χ0) is 35.2. The standard InChI is InChI=1S/C19H30N2O3Si.C13H16N2O3.C4H8O/c1-19(2,3)25(4,5)24-15-9-13-21-17(22)12-14-20(18(21)23)16-10-7-6-8-11-16;16-10-4-8-15-12(17)7-9-14(13(15)18)11-5-2-1-3-6-11;1-2-4-5-3-1/h6-8,10-11H,9,12-15H2,1-5H3;1-3,5-6,16H,4,7-10H2;1-4H2. The zero-order valence-electron chi connectivity index (χ0n) is 29.4. The molecule has 3 aliphatic heterocycles. The number of hydrogen-bond acceptors (Lipinski definition) is 7. The van der Waals surface area contributed by atoms with Gasteiger partial charge in [0.15, 0.2) is 8.32 Å². The van der Waals surface area contributed by atoms with Gasteiger partial charge in [-0.25, -0.2) is 9.59 Å². The first-order valence-corrected chi connectivity index (χ1v) is 19.9. The SMILES string of the molecule is C1CCOC1.CC(C)(C)[Si](C)(C)OCCCN1C(=O)CCN(c2ccccc2)C1=O.O=C1CCN(c2ccccc2)C(=O)N1CCCO. The summed E-state index contributed by atoms with van der Waals surface area (Å²) in [5.74, 6) is -0.259. The monoisotopic (exact) mass is 682 g/mol. The van der Waals surface area contributed by atoms with Crippen LogP contribution < -0.4 is 9.80 Å². The number of carbonyl (C=O) groups is 4. The lowest BCUT2D eigenvalue weighted by molar-refractivity contribution is -0.129. The lowest BCUT2D eigenvalue weighted by Gasteiger charge is -2.37. The van der Waals surface area contributed by atoms with E-state index >= 15 is 0 Å². The van der Waals surface area contributed by atoms with Crippen LogP contribution in [0.2, 0.25) is 18.1 Å². The van der Waals surface area contributed by atoms with Crippen molar-refractivity contribution in [1.82, 2.24) is 9.80 Å². The fraction of sp³-hybridized carbons (Fsp3) is 0.556. The number of urea groups is 2. The number of nitrogens with zero attached hydrogens (tertiary/aromatic N) is 4. The van der Waals surface area contributed by atoms with E-state index in [2.05, 4.69) is 33.9 Å². The quantitative estimate of drug-likeness (QED) is 0.231. The second kappa shape index (κ2) is 18.8.